The standard InChI is InChI=1S/C20H27N3O4/c1-7-26-18(24)17-13-23(21-14(17)2)16-10-8-9-15(11-16)12-22(6)19(25)27-20(3,4)5/h8-11,13H,7,12H2,1-6H3. The number of rotatable bonds is 5. The van der Waals surface area contributed by atoms with Crippen molar-refractivity contribution in [3.8, 4) is 5.69 Å². The van der Waals surface area contributed by atoms with Crippen LogP contribution in [0.1, 0.15) is 49.3 Å². The van der Waals surface area contributed by atoms with Gasteiger partial charge in [-0.2, -0.15) is 5.10 Å². The average molecular weight is 373 g/mol. The average Bonchev–Trinajstić information content (AvgIpc) is 2.96. The molecule has 0 saturated carbocycles. The van der Waals surface area contributed by atoms with Gasteiger partial charge in [-0.1, -0.05) is 12.1 Å². The van der Waals surface area contributed by atoms with Crippen molar-refractivity contribution in [3.05, 3.63) is 47.3 Å². The number of esters is 1. The van der Waals surface area contributed by atoms with Crippen molar-refractivity contribution in [1.82, 2.24) is 14.7 Å². The van der Waals surface area contributed by atoms with Gasteiger partial charge in [-0.25, -0.2) is 14.3 Å². The minimum atomic E-state index is -0.538. The molecule has 1 aromatic heterocycles. The summed E-state index contributed by atoms with van der Waals surface area (Å²) in [5.41, 5.74) is 2.22. The highest BCUT2D eigenvalue weighted by molar-refractivity contribution is 5.90. The minimum absolute atomic E-state index is 0.315. The maximum Gasteiger partial charge on any atom is 0.410 e. The molecule has 0 saturated heterocycles. The summed E-state index contributed by atoms with van der Waals surface area (Å²) in [4.78, 5) is 25.6. The van der Waals surface area contributed by atoms with Gasteiger partial charge in [-0.05, 0) is 52.3 Å². The van der Waals surface area contributed by atoms with Crippen molar-refractivity contribution in [2.75, 3.05) is 13.7 Å². The molecule has 7 heteroatoms. The highest BCUT2D eigenvalue weighted by Crippen LogP contribution is 2.16. The highest BCUT2D eigenvalue weighted by Gasteiger charge is 2.20. The summed E-state index contributed by atoms with van der Waals surface area (Å²) in [6, 6.07) is 7.61. The van der Waals surface area contributed by atoms with Gasteiger partial charge in [-0.3, -0.25) is 0 Å². The Morgan fingerprint density at radius 2 is 1.96 bits per heavy atom. The summed E-state index contributed by atoms with van der Waals surface area (Å²) >= 11 is 0. The van der Waals surface area contributed by atoms with E-state index in [2.05, 4.69) is 5.10 Å². The van der Waals surface area contributed by atoms with E-state index in [1.165, 1.54) is 4.90 Å². The van der Waals surface area contributed by atoms with Crippen LogP contribution in [0.15, 0.2) is 30.5 Å². The topological polar surface area (TPSA) is 73.7 Å². The number of nitrogens with zero attached hydrogens (tertiary/aromatic N) is 3. The van der Waals surface area contributed by atoms with E-state index in [-0.39, 0.29) is 12.1 Å². The highest BCUT2D eigenvalue weighted by atomic mass is 16.6. The van der Waals surface area contributed by atoms with Crippen LogP contribution >= 0.6 is 0 Å². The lowest BCUT2D eigenvalue weighted by atomic mass is 10.2. The summed E-state index contributed by atoms with van der Waals surface area (Å²) in [6.07, 6.45) is 1.27. The number of aromatic nitrogens is 2. The molecule has 0 atom stereocenters. The molecule has 0 bridgehead atoms. The fourth-order valence-electron chi connectivity index (χ4n) is 2.48. The fourth-order valence-corrected chi connectivity index (χ4v) is 2.48. The third-order valence-electron chi connectivity index (χ3n) is 3.69. The summed E-state index contributed by atoms with van der Waals surface area (Å²) in [7, 11) is 1.69. The number of benzene rings is 1. The number of carbonyl (C=O) groups excluding carboxylic acids is 2. The molecule has 0 aliphatic carbocycles. The Morgan fingerprint density at radius 1 is 1.26 bits per heavy atom. The molecule has 27 heavy (non-hydrogen) atoms. The van der Waals surface area contributed by atoms with E-state index in [9.17, 15) is 9.59 Å². The zero-order chi connectivity index (χ0) is 20.2. The van der Waals surface area contributed by atoms with Gasteiger partial charge in [0.2, 0.25) is 0 Å². The van der Waals surface area contributed by atoms with Crippen molar-refractivity contribution in [2.24, 2.45) is 0 Å². The molecule has 0 N–H and O–H groups in total. The molecule has 0 aliphatic rings. The van der Waals surface area contributed by atoms with E-state index in [4.69, 9.17) is 9.47 Å². The fraction of sp³-hybridized carbons (Fsp3) is 0.450. The second-order valence-corrected chi connectivity index (χ2v) is 7.30. The van der Waals surface area contributed by atoms with Crippen molar-refractivity contribution in [3.63, 3.8) is 0 Å². The summed E-state index contributed by atoms with van der Waals surface area (Å²) < 4.78 is 12.1. The van der Waals surface area contributed by atoms with Crippen LogP contribution in [0.5, 0.6) is 0 Å². The molecule has 0 aliphatic heterocycles. The maximum absolute atomic E-state index is 12.1. The Kier molecular flexibility index (Phi) is 6.25. The van der Waals surface area contributed by atoms with Crippen LogP contribution in [0, 0.1) is 6.92 Å². The third-order valence-corrected chi connectivity index (χ3v) is 3.69. The molecule has 7 nitrogen and oxygen atoms in total. The third kappa shape index (κ3) is 5.57. The van der Waals surface area contributed by atoms with Crippen LogP contribution < -0.4 is 0 Å². The number of ether oxygens (including phenoxy) is 2. The predicted octanol–water partition coefficient (Wildman–Crippen LogP) is 3.72. The smallest absolute Gasteiger partial charge is 0.410 e. The van der Waals surface area contributed by atoms with Crippen molar-refractivity contribution in [2.45, 2.75) is 46.8 Å². The van der Waals surface area contributed by atoms with Crippen LogP contribution in [0.3, 0.4) is 0 Å². The van der Waals surface area contributed by atoms with Gasteiger partial charge in [0.25, 0.3) is 0 Å². The van der Waals surface area contributed by atoms with E-state index < -0.39 is 5.60 Å². The molecule has 2 aromatic rings. The number of hydrogen-bond donors (Lipinski definition) is 0. The molecule has 0 radical (unpaired) electrons. The molecule has 0 unspecified atom stereocenters. The molecule has 1 amide bonds. The Bertz CT molecular complexity index is 821. The first-order chi connectivity index (χ1) is 12.6. The largest absolute Gasteiger partial charge is 0.462 e. The Morgan fingerprint density at radius 3 is 2.59 bits per heavy atom. The molecule has 1 aromatic carbocycles. The molecule has 0 fully saturated rings. The van der Waals surface area contributed by atoms with E-state index in [1.54, 1.807) is 31.8 Å². The second kappa shape index (κ2) is 8.24. The van der Waals surface area contributed by atoms with Gasteiger partial charge in [0.05, 0.1) is 18.0 Å². The Labute approximate surface area is 159 Å². The zero-order valence-corrected chi connectivity index (χ0v) is 16.8. The van der Waals surface area contributed by atoms with Crippen molar-refractivity contribution < 1.29 is 19.1 Å². The normalized spacial score (nSPS) is 11.2. The lowest BCUT2D eigenvalue weighted by Gasteiger charge is -2.24. The lowest BCUT2D eigenvalue weighted by Crippen LogP contribution is -2.33. The van der Waals surface area contributed by atoms with E-state index >= 15 is 0 Å². The van der Waals surface area contributed by atoms with Gasteiger partial charge in [0.1, 0.15) is 11.2 Å². The van der Waals surface area contributed by atoms with Crippen LogP contribution in [-0.2, 0) is 16.0 Å². The number of hydrogen-bond acceptors (Lipinski definition) is 5. The minimum Gasteiger partial charge on any atom is -0.462 e. The van der Waals surface area contributed by atoms with Gasteiger partial charge < -0.3 is 14.4 Å². The van der Waals surface area contributed by atoms with Crippen molar-refractivity contribution >= 4 is 12.1 Å². The SMILES string of the molecule is CCOC(=O)c1cn(-c2cccc(CN(C)C(=O)OC(C)(C)C)c2)nc1C. The lowest BCUT2D eigenvalue weighted by molar-refractivity contribution is 0.0284. The monoisotopic (exact) mass is 373 g/mol. The van der Waals surface area contributed by atoms with Crippen molar-refractivity contribution in [1.29, 1.82) is 0 Å². The number of aryl methyl sites for hydroxylation is 1. The van der Waals surface area contributed by atoms with Gasteiger partial charge in [-0.15, -0.1) is 0 Å². The van der Waals surface area contributed by atoms with E-state index in [0.717, 1.165) is 11.3 Å². The summed E-state index contributed by atoms with van der Waals surface area (Å²) in [6.45, 7) is 9.75. The molecule has 0 spiro atoms. The summed E-state index contributed by atoms with van der Waals surface area (Å²) in [5, 5.41) is 4.40. The van der Waals surface area contributed by atoms with E-state index in [1.807, 2.05) is 45.0 Å². The first kappa shape index (κ1) is 20.5. The quantitative estimate of drug-likeness (QED) is 0.747. The number of carbonyl (C=O) groups is 2. The zero-order valence-electron chi connectivity index (χ0n) is 16.8. The van der Waals surface area contributed by atoms with Crippen LogP contribution in [0.25, 0.3) is 5.69 Å². The Hall–Kier alpha value is -2.83. The maximum atomic E-state index is 12.1. The molecular weight excluding hydrogens is 346 g/mol. The Balaban J connectivity index is 2.17. The molecule has 2 rings (SSSR count). The first-order valence-electron chi connectivity index (χ1n) is 8.87. The second-order valence-electron chi connectivity index (χ2n) is 7.30. The van der Waals surface area contributed by atoms with Crippen LogP contribution in [0.2, 0.25) is 0 Å². The number of amides is 1. The van der Waals surface area contributed by atoms with Gasteiger partial charge >= 0.3 is 12.1 Å². The molecule has 1 heterocycles. The van der Waals surface area contributed by atoms with E-state index in [0.29, 0.717) is 24.4 Å². The van der Waals surface area contributed by atoms with Gasteiger partial charge in [0.15, 0.2) is 0 Å². The summed E-state index contributed by atoms with van der Waals surface area (Å²) in [5.74, 6) is -0.387. The van der Waals surface area contributed by atoms with Crippen LogP contribution in [0.4, 0.5) is 4.79 Å². The predicted molar refractivity (Wildman–Crippen MR) is 102 cm³/mol. The molecular formula is C20H27N3O4. The molecule has 146 valence electrons. The van der Waals surface area contributed by atoms with Gasteiger partial charge in [0, 0.05) is 19.8 Å². The first-order valence-corrected chi connectivity index (χ1v) is 8.87. The van der Waals surface area contributed by atoms with Crippen LogP contribution in [-0.4, -0.2) is 46.0 Å².